The second-order valence-corrected chi connectivity index (χ2v) is 3.47. The summed E-state index contributed by atoms with van der Waals surface area (Å²) in [6.45, 7) is 2.32. The Bertz CT molecular complexity index is 525. The van der Waals surface area contributed by atoms with Crippen molar-refractivity contribution in [2.24, 2.45) is 0 Å². The molecule has 0 fully saturated rings. The number of hydrogen-bond donors (Lipinski definition) is 0. The Hall–Kier alpha value is -2.28. The monoisotopic (exact) mass is 213 g/mol. The van der Waals surface area contributed by atoms with Crippen molar-refractivity contribution in [2.75, 3.05) is 0 Å². The molecule has 0 spiro atoms. The van der Waals surface area contributed by atoms with Gasteiger partial charge in [0.05, 0.1) is 11.8 Å². The Labute approximate surface area is 93.7 Å². The van der Waals surface area contributed by atoms with Crippen molar-refractivity contribution in [3.63, 3.8) is 0 Å². The summed E-state index contributed by atoms with van der Waals surface area (Å²) in [4.78, 5) is 0. The van der Waals surface area contributed by atoms with Crippen LogP contribution in [0.4, 0.5) is 0 Å². The van der Waals surface area contributed by atoms with E-state index in [1.807, 2.05) is 37.3 Å². The van der Waals surface area contributed by atoms with Gasteiger partial charge in [-0.05, 0) is 24.6 Å². The molecular weight excluding hydrogens is 202 g/mol. The van der Waals surface area contributed by atoms with Crippen LogP contribution in [0.2, 0.25) is 0 Å². The second kappa shape index (κ2) is 4.49. The van der Waals surface area contributed by atoms with Crippen molar-refractivity contribution < 1.29 is 4.74 Å². The summed E-state index contributed by atoms with van der Waals surface area (Å²) in [7, 11) is 0. The maximum atomic E-state index is 8.63. The van der Waals surface area contributed by atoms with Crippen molar-refractivity contribution in [1.82, 2.24) is 9.78 Å². The number of aromatic nitrogens is 2. The Morgan fingerprint density at radius 1 is 1.50 bits per heavy atom. The molecule has 2 aromatic rings. The average molecular weight is 213 g/mol. The standard InChI is InChI=1S/C12H11N3O/c1-10-3-2-4-12(5-10)16-9-15-8-11(6-13)7-14-15/h2-5,7-8H,9H2,1H3. The molecule has 0 unspecified atom stereocenters. The molecule has 16 heavy (non-hydrogen) atoms. The van der Waals surface area contributed by atoms with Crippen LogP contribution in [0.15, 0.2) is 36.7 Å². The summed E-state index contributed by atoms with van der Waals surface area (Å²) in [5, 5.41) is 12.6. The van der Waals surface area contributed by atoms with Crippen LogP contribution in [0.25, 0.3) is 0 Å². The average Bonchev–Trinajstić information content (AvgIpc) is 2.74. The lowest BCUT2D eigenvalue weighted by atomic mass is 10.2. The van der Waals surface area contributed by atoms with Gasteiger partial charge in [0.2, 0.25) is 0 Å². The lowest BCUT2D eigenvalue weighted by molar-refractivity contribution is 0.221. The molecular formula is C12H11N3O. The third kappa shape index (κ3) is 2.39. The summed E-state index contributed by atoms with van der Waals surface area (Å²) in [5.74, 6) is 0.800. The van der Waals surface area contributed by atoms with Gasteiger partial charge in [-0.2, -0.15) is 10.4 Å². The number of ether oxygens (including phenoxy) is 1. The maximum absolute atomic E-state index is 8.63. The Balaban J connectivity index is 2.00. The Morgan fingerprint density at radius 2 is 2.38 bits per heavy atom. The highest BCUT2D eigenvalue weighted by Crippen LogP contribution is 2.12. The van der Waals surface area contributed by atoms with E-state index in [1.165, 1.54) is 6.20 Å². The van der Waals surface area contributed by atoms with Crippen LogP contribution < -0.4 is 4.74 Å². The summed E-state index contributed by atoms with van der Waals surface area (Å²) in [5.41, 5.74) is 1.68. The fourth-order valence-corrected chi connectivity index (χ4v) is 1.34. The second-order valence-electron chi connectivity index (χ2n) is 3.47. The lowest BCUT2D eigenvalue weighted by Crippen LogP contribution is -2.05. The SMILES string of the molecule is Cc1cccc(OCn2cc(C#N)cn2)c1. The number of nitriles is 1. The van der Waals surface area contributed by atoms with Crippen molar-refractivity contribution >= 4 is 0 Å². The zero-order valence-electron chi connectivity index (χ0n) is 8.92. The molecule has 1 aromatic heterocycles. The summed E-state index contributed by atoms with van der Waals surface area (Å²) in [6.07, 6.45) is 3.16. The summed E-state index contributed by atoms with van der Waals surface area (Å²) < 4.78 is 7.11. The predicted molar refractivity (Wildman–Crippen MR) is 58.7 cm³/mol. The first-order chi connectivity index (χ1) is 7.78. The zero-order valence-corrected chi connectivity index (χ0v) is 8.92. The quantitative estimate of drug-likeness (QED) is 0.784. The molecule has 4 heteroatoms. The number of nitrogens with zero attached hydrogens (tertiary/aromatic N) is 3. The molecule has 80 valence electrons. The molecule has 0 aliphatic carbocycles. The molecule has 1 aromatic carbocycles. The van der Waals surface area contributed by atoms with Gasteiger partial charge in [0.25, 0.3) is 0 Å². The van der Waals surface area contributed by atoms with Gasteiger partial charge in [0, 0.05) is 6.20 Å². The molecule has 0 saturated heterocycles. The van der Waals surface area contributed by atoms with E-state index in [2.05, 4.69) is 5.10 Å². The number of hydrogen-bond acceptors (Lipinski definition) is 3. The van der Waals surface area contributed by atoms with Gasteiger partial charge in [-0.25, -0.2) is 4.68 Å². The van der Waals surface area contributed by atoms with Crippen LogP contribution in [0.3, 0.4) is 0 Å². The van der Waals surface area contributed by atoms with Crippen LogP contribution in [-0.4, -0.2) is 9.78 Å². The normalized spacial score (nSPS) is 9.75. The highest BCUT2D eigenvalue weighted by Gasteiger charge is 1.98. The van der Waals surface area contributed by atoms with Gasteiger partial charge in [-0.1, -0.05) is 12.1 Å². The Kier molecular flexibility index (Phi) is 2.88. The molecule has 0 bridgehead atoms. The van der Waals surface area contributed by atoms with Gasteiger partial charge in [-0.15, -0.1) is 0 Å². The van der Waals surface area contributed by atoms with E-state index in [1.54, 1.807) is 10.9 Å². The molecule has 0 atom stereocenters. The topological polar surface area (TPSA) is 50.8 Å². The molecule has 0 N–H and O–H groups in total. The van der Waals surface area contributed by atoms with Crippen LogP contribution >= 0.6 is 0 Å². The first kappa shape index (κ1) is 10.2. The first-order valence-electron chi connectivity index (χ1n) is 4.90. The third-order valence-corrected chi connectivity index (χ3v) is 2.12. The van der Waals surface area contributed by atoms with Crippen LogP contribution in [0.1, 0.15) is 11.1 Å². The largest absolute Gasteiger partial charge is 0.471 e. The number of benzene rings is 1. The fraction of sp³-hybridized carbons (Fsp3) is 0.167. The predicted octanol–water partition coefficient (Wildman–Crippen LogP) is 2.10. The molecule has 0 aliphatic rings. The van der Waals surface area contributed by atoms with Crippen molar-refractivity contribution in [3.05, 3.63) is 47.8 Å². The van der Waals surface area contributed by atoms with Crippen LogP contribution in [0, 0.1) is 18.3 Å². The van der Waals surface area contributed by atoms with Gasteiger partial charge < -0.3 is 4.74 Å². The van der Waals surface area contributed by atoms with E-state index in [9.17, 15) is 0 Å². The van der Waals surface area contributed by atoms with E-state index < -0.39 is 0 Å². The molecule has 2 rings (SSSR count). The maximum Gasteiger partial charge on any atom is 0.180 e. The first-order valence-corrected chi connectivity index (χ1v) is 4.90. The van der Waals surface area contributed by atoms with E-state index in [0.717, 1.165) is 11.3 Å². The molecule has 0 saturated carbocycles. The minimum atomic E-state index is 0.311. The highest BCUT2D eigenvalue weighted by molar-refractivity contribution is 5.27. The molecule has 1 heterocycles. The minimum absolute atomic E-state index is 0.311. The minimum Gasteiger partial charge on any atom is -0.471 e. The lowest BCUT2D eigenvalue weighted by Gasteiger charge is -2.06. The van der Waals surface area contributed by atoms with E-state index in [0.29, 0.717) is 12.3 Å². The highest BCUT2D eigenvalue weighted by atomic mass is 16.5. The number of aryl methyl sites for hydroxylation is 1. The molecule has 0 aliphatic heterocycles. The van der Waals surface area contributed by atoms with E-state index in [4.69, 9.17) is 10.00 Å². The molecule has 4 nitrogen and oxygen atoms in total. The summed E-state index contributed by atoms with van der Waals surface area (Å²) >= 11 is 0. The van der Waals surface area contributed by atoms with Crippen LogP contribution in [-0.2, 0) is 6.73 Å². The Morgan fingerprint density at radius 3 is 3.06 bits per heavy atom. The third-order valence-electron chi connectivity index (χ3n) is 2.12. The molecule has 0 radical (unpaired) electrons. The van der Waals surface area contributed by atoms with Gasteiger partial charge in [0.15, 0.2) is 6.73 Å². The van der Waals surface area contributed by atoms with Gasteiger partial charge in [-0.3, -0.25) is 0 Å². The zero-order chi connectivity index (χ0) is 11.4. The van der Waals surface area contributed by atoms with Crippen molar-refractivity contribution in [3.8, 4) is 11.8 Å². The van der Waals surface area contributed by atoms with E-state index in [-0.39, 0.29) is 0 Å². The smallest absolute Gasteiger partial charge is 0.180 e. The van der Waals surface area contributed by atoms with Crippen LogP contribution in [0.5, 0.6) is 5.75 Å². The fourth-order valence-electron chi connectivity index (χ4n) is 1.34. The number of rotatable bonds is 3. The van der Waals surface area contributed by atoms with Gasteiger partial charge >= 0.3 is 0 Å². The van der Waals surface area contributed by atoms with Crippen molar-refractivity contribution in [2.45, 2.75) is 13.7 Å². The molecule has 0 amide bonds. The van der Waals surface area contributed by atoms with Gasteiger partial charge in [0.1, 0.15) is 11.8 Å². The summed E-state index contributed by atoms with van der Waals surface area (Å²) in [6, 6.07) is 9.81. The van der Waals surface area contributed by atoms with Crippen molar-refractivity contribution in [1.29, 1.82) is 5.26 Å². The van der Waals surface area contributed by atoms with E-state index >= 15 is 0 Å².